The van der Waals surface area contributed by atoms with Crippen molar-refractivity contribution >= 4 is 10.9 Å². The fourth-order valence-electron chi connectivity index (χ4n) is 3.22. The molecule has 0 saturated carbocycles. The van der Waals surface area contributed by atoms with Crippen molar-refractivity contribution in [3.63, 3.8) is 0 Å². The minimum atomic E-state index is 0.110. The lowest BCUT2D eigenvalue weighted by Crippen LogP contribution is -2.45. The smallest absolute Gasteiger partial charge is 0.0749 e. The number of hydrogen-bond acceptors (Lipinski definition) is 4. The third-order valence-electron chi connectivity index (χ3n) is 4.37. The third kappa shape index (κ3) is 2.81. The molecule has 3 N–H and O–H groups in total. The lowest BCUT2D eigenvalue weighted by Gasteiger charge is -2.22. The second-order valence-corrected chi connectivity index (χ2v) is 5.82. The van der Waals surface area contributed by atoms with E-state index in [0.717, 1.165) is 31.5 Å². The van der Waals surface area contributed by atoms with Crippen molar-refractivity contribution in [1.82, 2.24) is 15.2 Å². The number of aromatic nitrogens is 2. The van der Waals surface area contributed by atoms with Crippen LogP contribution in [0.2, 0.25) is 0 Å². The van der Waals surface area contributed by atoms with Gasteiger partial charge in [-0.2, -0.15) is 5.10 Å². The Hall–Kier alpha value is -1.43. The van der Waals surface area contributed by atoms with Gasteiger partial charge in [0.15, 0.2) is 0 Å². The van der Waals surface area contributed by atoms with Gasteiger partial charge in [-0.3, -0.25) is 16.0 Å². The van der Waals surface area contributed by atoms with Crippen molar-refractivity contribution < 1.29 is 4.74 Å². The number of nitrogens with zero attached hydrogens (tertiary/aromatic N) is 2. The molecular weight excluding hydrogens is 264 g/mol. The van der Waals surface area contributed by atoms with Crippen LogP contribution in [0.3, 0.4) is 0 Å². The number of para-hydroxylation sites is 1. The van der Waals surface area contributed by atoms with E-state index in [1.54, 1.807) is 0 Å². The summed E-state index contributed by atoms with van der Waals surface area (Å²) < 4.78 is 8.01. The van der Waals surface area contributed by atoms with Crippen LogP contribution in [-0.2, 0) is 17.7 Å². The first kappa shape index (κ1) is 14.5. The summed E-state index contributed by atoms with van der Waals surface area (Å²) in [6.45, 7) is 5.11. The summed E-state index contributed by atoms with van der Waals surface area (Å²) in [5.74, 6) is 5.76. The first-order chi connectivity index (χ1) is 10.2. The molecule has 1 aromatic carbocycles. The fourth-order valence-corrected chi connectivity index (χ4v) is 3.22. The van der Waals surface area contributed by atoms with Crippen molar-refractivity contribution in [3.8, 4) is 0 Å². The third-order valence-corrected chi connectivity index (χ3v) is 4.37. The number of hydrogen-bond donors (Lipinski definition) is 2. The van der Waals surface area contributed by atoms with Crippen molar-refractivity contribution in [2.24, 2.45) is 5.84 Å². The molecule has 0 radical (unpaired) electrons. The Morgan fingerprint density at radius 2 is 2.24 bits per heavy atom. The number of nitrogens with two attached hydrogens (primary N) is 1. The molecule has 1 saturated heterocycles. The first-order valence-electron chi connectivity index (χ1n) is 7.79. The molecule has 5 heteroatoms. The highest BCUT2D eigenvalue weighted by Crippen LogP contribution is 2.25. The zero-order chi connectivity index (χ0) is 14.8. The van der Waals surface area contributed by atoms with Gasteiger partial charge < -0.3 is 4.74 Å². The van der Waals surface area contributed by atoms with Crippen molar-refractivity contribution in [2.75, 3.05) is 0 Å². The molecule has 0 aliphatic carbocycles. The maximum atomic E-state index is 5.95. The standard InChI is InChI=1S/C16H24N4O/c1-3-20-15-7-5-4-6-12(15)13(19-20)10-14(18-17)16-9-8-11(2)21-16/h4-7,11,14,16,18H,3,8-10,17H2,1-2H3. The zero-order valence-corrected chi connectivity index (χ0v) is 12.7. The van der Waals surface area contributed by atoms with Crippen LogP contribution >= 0.6 is 0 Å². The summed E-state index contributed by atoms with van der Waals surface area (Å²) in [5.41, 5.74) is 5.21. The Bertz CT molecular complexity index is 609. The van der Waals surface area contributed by atoms with Crippen LogP contribution in [0.5, 0.6) is 0 Å². The number of hydrazine groups is 1. The Morgan fingerprint density at radius 1 is 1.43 bits per heavy atom. The number of nitrogens with one attached hydrogen (secondary N) is 1. The lowest BCUT2D eigenvalue weighted by molar-refractivity contribution is 0.0319. The van der Waals surface area contributed by atoms with Gasteiger partial charge in [0.25, 0.3) is 0 Å². The Morgan fingerprint density at radius 3 is 2.90 bits per heavy atom. The molecule has 1 aromatic heterocycles. The largest absolute Gasteiger partial charge is 0.374 e. The summed E-state index contributed by atoms with van der Waals surface area (Å²) in [7, 11) is 0. The van der Waals surface area contributed by atoms with Crippen LogP contribution < -0.4 is 11.3 Å². The van der Waals surface area contributed by atoms with E-state index < -0.39 is 0 Å². The first-order valence-corrected chi connectivity index (χ1v) is 7.79. The molecule has 0 bridgehead atoms. The number of aryl methyl sites for hydroxylation is 1. The van der Waals surface area contributed by atoms with E-state index in [1.165, 1.54) is 10.9 Å². The topological polar surface area (TPSA) is 65.1 Å². The summed E-state index contributed by atoms with van der Waals surface area (Å²) in [6, 6.07) is 8.48. The van der Waals surface area contributed by atoms with Crippen LogP contribution in [0.25, 0.3) is 10.9 Å². The molecule has 1 fully saturated rings. The van der Waals surface area contributed by atoms with Crippen LogP contribution in [0, 0.1) is 0 Å². The highest BCUT2D eigenvalue weighted by atomic mass is 16.5. The Kier molecular flexibility index (Phi) is 4.24. The molecule has 0 spiro atoms. The quantitative estimate of drug-likeness (QED) is 0.652. The molecule has 3 unspecified atom stereocenters. The van der Waals surface area contributed by atoms with Crippen molar-refractivity contribution in [1.29, 1.82) is 0 Å². The Labute approximate surface area is 125 Å². The zero-order valence-electron chi connectivity index (χ0n) is 12.7. The lowest BCUT2D eigenvalue weighted by atomic mass is 10.0. The van der Waals surface area contributed by atoms with Gasteiger partial charge in [0.1, 0.15) is 0 Å². The van der Waals surface area contributed by atoms with E-state index in [-0.39, 0.29) is 12.1 Å². The summed E-state index contributed by atoms with van der Waals surface area (Å²) in [5, 5.41) is 5.97. The second-order valence-electron chi connectivity index (χ2n) is 5.82. The highest BCUT2D eigenvalue weighted by molar-refractivity contribution is 5.82. The van der Waals surface area contributed by atoms with E-state index in [9.17, 15) is 0 Å². The molecule has 5 nitrogen and oxygen atoms in total. The normalized spacial score (nSPS) is 23.8. The van der Waals surface area contributed by atoms with Crippen molar-refractivity contribution in [2.45, 2.75) is 57.9 Å². The van der Waals surface area contributed by atoms with E-state index in [4.69, 9.17) is 15.7 Å². The molecule has 21 heavy (non-hydrogen) atoms. The van der Waals surface area contributed by atoms with Gasteiger partial charge in [0, 0.05) is 18.4 Å². The SMILES string of the molecule is CCn1nc(CC(NN)C2CCC(C)O2)c2ccccc21. The second kappa shape index (κ2) is 6.13. The average Bonchev–Trinajstić information content (AvgIpc) is 3.09. The number of fused-ring (bicyclic) bond motifs is 1. The van der Waals surface area contributed by atoms with Crippen LogP contribution in [0.15, 0.2) is 24.3 Å². The van der Waals surface area contributed by atoms with E-state index in [2.05, 4.69) is 48.2 Å². The highest BCUT2D eigenvalue weighted by Gasteiger charge is 2.30. The molecule has 2 heterocycles. The number of benzene rings is 1. The van der Waals surface area contributed by atoms with Gasteiger partial charge in [-0.05, 0) is 32.8 Å². The van der Waals surface area contributed by atoms with E-state index in [0.29, 0.717) is 6.10 Å². The van der Waals surface area contributed by atoms with Crippen molar-refractivity contribution in [3.05, 3.63) is 30.0 Å². The average molecular weight is 288 g/mol. The maximum absolute atomic E-state index is 5.95. The van der Waals surface area contributed by atoms with E-state index in [1.807, 2.05) is 0 Å². The van der Waals surface area contributed by atoms with E-state index >= 15 is 0 Å². The predicted molar refractivity (Wildman–Crippen MR) is 83.8 cm³/mol. The minimum absolute atomic E-state index is 0.110. The summed E-state index contributed by atoms with van der Waals surface area (Å²) >= 11 is 0. The maximum Gasteiger partial charge on any atom is 0.0749 e. The van der Waals surface area contributed by atoms with Gasteiger partial charge in [-0.15, -0.1) is 0 Å². The van der Waals surface area contributed by atoms with Gasteiger partial charge in [0.05, 0.1) is 29.5 Å². The van der Waals surface area contributed by atoms with Crippen LogP contribution in [-0.4, -0.2) is 28.0 Å². The monoisotopic (exact) mass is 288 g/mol. The number of ether oxygens (including phenoxy) is 1. The molecule has 0 amide bonds. The Balaban J connectivity index is 1.86. The molecule has 3 rings (SSSR count). The molecule has 1 aliphatic rings. The van der Waals surface area contributed by atoms with Gasteiger partial charge in [0.2, 0.25) is 0 Å². The summed E-state index contributed by atoms with van der Waals surface area (Å²) in [4.78, 5) is 0. The predicted octanol–water partition coefficient (Wildman–Crippen LogP) is 2.00. The molecule has 2 aromatic rings. The molecule has 3 atom stereocenters. The van der Waals surface area contributed by atoms with Gasteiger partial charge >= 0.3 is 0 Å². The fraction of sp³-hybridized carbons (Fsp3) is 0.562. The van der Waals surface area contributed by atoms with Crippen LogP contribution in [0.4, 0.5) is 0 Å². The van der Waals surface area contributed by atoms with Crippen LogP contribution in [0.1, 0.15) is 32.4 Å². The number of rotatable bonds is 5. The molecule has 114 valence electrons. The minimum Gasteiger partial charge on any atom is -0.374 e. The molecule has 1 aliphatic heterocycles. The molecular formula is C16H24N4O. The van der Waals surface area contributed by atoms with Gasteiger partial charge in [-0.25, -0.2) is 0 Å². The summed E-state index contributed by atoms with van der Waals surface area (Å²) in [6.07, 6.45) is 3.46. The van der Waals surface area contributed by atoms with Gasteiger partial charge in [-0.1, -0.05) is 18.2 Å².